The molecule has 0 aromatic carbocycles. The lowest BCUT2D eigenvalue weighted by molar-refractivity contribution is -0.380. The van der Waals surface area contributed by atoms with Gasteiger partial charge in [0.2, 0.25) is 0 Å². The van der Waals surface area contributed by atoms with Gasteiger partial charge in [0, 0.05) is 20.2 Å². The maximum absolute atomic E-state index is 10.8. The summed E-state index contributed by atoms with van der Waals surface area (Å²) in [4.78, 5) is 17.0. The van der Waals surface area contributed by atoms with E-state index in [1.807, 2.05) is 14.1 Å². The quantitative estimate of drug-likeness (QED) is 0.315. The predicted octanol–water partition coefficient (Wildman–Crippen LogP) is 1.98. The lowest BCUT2D eigenvalue weighted by atomic mass is 10.4. The molecule has 0 radical (unpaired) electrons. The maximum Gasteiger partial charge on any atom is 0.324 e. The number of fused-ring (bicyclic) bond motifs is 1. The van der Waals surface area contributed by atoms with E-state index in [1.165, 1.54) is 10.6 Å². The summed E-state index contributed by atoms with van der Waals surface area (Å²) in [5.41, 5.74) is 0.551. The zero-order chi connectivity index (χ0) is 15.7. The summed E-state index contributed by atoms with van der Waals surface area (Å²) in [6.45, 7) is 0. The van der Waals surface area contributed by atoms with Crippen LogP contribution in [0.4, 0.5) is 10.8 Å². The summed E-state index contributed by atoms with van der Waals surface area (Å²) in [7, 11) is 3.72. The summed E-state index contributed by atoms with van der Waals surface area (Å²) in [6.07, 6.45) is 1.63. The third kappa shape index (κ3) is 2.63. The summed E-state index contributed by atoms with van der Waals surface area (Å²) in [6, 6.07) is 6.55. The standard InChI is InChI=1S/C12H11N7O2S/c1-17(2)7-13-9-4-5-10-14-15-12(18(10)16-9)8-3-6-11(22-8)19(20)21/h3-7H,1-2H3. The van der Waals surface area contributed by atoms with E-state index in [2.05, 4.69) is 20.3 Å². The molecule has 3 aromatic heterocycles. The number of thiophene rings is 1. The minimum atomic E-state index is -0.433. The Balaban J connectivity index is 2.05. The Morgan fingerprint density at radius 2 is 2.14 bits per heavy atom. The molecule has 0 aliphatic heterocycles. The molecular formula is C12H11N7O2S. The Hall–Kier alpha value is -2.88. The number of nitro groups is 1. The van der Waals surface area contributed by atoms with Gasteiger partial charge in [-0.25, -0.2) is 4.99 Å². The van der Waals surface area contributed by atoms with Crippen molar-refractivity contribution in [3.05, 3.63) is 34.4 Å². The molecule has 0 spiro atoms. The summed E-state index contributed by atoms with van der Waals surface area (Å²) >= 11 is 1.03. The van der Waals surface area contributed by atoms with Gasteiger partial charge in [-0.05, 0) is 18.2 Å². The zero-order valence-corrected chi connectivity index (χ0v) is 12.6. The highest BCUT2D eigenvalue weighted by atomic mass is 32.1. The minimum Gasteiger partial charge on any atom is -0.369 e. The van der Waals surface area contributed by atoms with Crippen molar-refractivity contribution in [3.8, 4) is 10.7 Å². The fourth-order valence-electron chi connectivity index (χ4n) is 1.72. The normalized spacial score (nSPS) is 11.4. The summed E-state index contributed by atoms with van der Waals surface area (Å²) in [5.74, 6) is 0.948. The maximum atomic E-state index is 10.8. The van der Waals surface area contributed by atoms with E-state index in [0.29, 0.717) is 22.2 Å². The molecule has 0 bridgehead atoms. The topological polar surface area (TPSA) is 102 Å². The molecular weight excluding hydrogens is 306 g/mol. The Bertz CT molecular complexity index is 867. The van der Waals surface area contributed by atoms with Gasteiger partial charge in [-0.1, -0.05) is 11.3 Å². The Labute approximate surface area is 128 Å². The lowest BCUT2D eigenvalue weighted by Crippen LogP contribution is -2.07. The number of aliphatic imine (C=N–C) groups is 1. The highest BCUT2D eigenvalue weighted by Crippen LogP contribution is 2.31. The van der Waals surface area contributed by atoms with E-state index in [9.17, 15) is 10.1 Å². The molecule has 0 fully saturated rings. The molecule has 3 heterocycles. The molecule has 10 heteroatoms. The molecule has 0 aliphatic rings. The molecule has 9 nitrogen and oxygen atoms in total. The molecule has 0 amide bonds. The number of nitrogens with zero attached hydrogens (tertiary/aromatic N) is 7. The van der Waals surface area contributed by atoms with Crippen LogP contribution in [-0.2, 0) is 0 Å². The van der Waals surface area contributed by atoms with Crippen LogP contribution in [-0.4, -0.2) is 50.1 Å². The zero-order valence-electron chi connectivity index (χ0n) is 11.7. The third-order valence-electron chi connectivity index (χ3n) is 2.66. The van der Waals surface area contributed by atoms with Gasteiger partial charge in [0.15, 0.2) is 17.3 Å². The lowest BCUT2D eigenvalue weighted by Gasteiger charge is -2.02. The van der Waals surface area contributed by atoms with Crippen LogP contribution in [0, 0.1) is 10.1 Å². The van der Waals surface area contributed by atoms with Crippen molar-refractivity contribution in [2.75, 3.05) is 14.1 Å². The number of aromatic nitrogens is 4. The average molecular weight is 317 g/mol. The van der Waals surface area contributed by atoms with Crippen LogP contribution < -0.4 is 0 Å². The molecule has 22 heavy (non-hydrogen) atoms. The van der Waals surface area contributed by atoms with Crippen LogP contribution in [0.25, 0.3) is 16.3 Å². The van der Waals surface area contributed by atoms with Gasteiger partial charge in [0.05, 0.1) is 16.1 Å². The van der Waals surface area contributed by atoms with E-state index < -0.39 is 4.92 Å². The molecule has 0 saturated heterocycles. The fraction of sp³-hybridized carbons (Fsp3) is 0.167. The fourth-order valence-corrected chi connectivity index (χ4v) is 2.51. The van der Waals surface area contributed by atoms with Gasteiger partial charge in [0.25, 0.3) is 0 Å². The van der Waals surface area contributed by atoms with Gasteiger partial charge in [-0.15, -0.1) is 15.3 Å². The Morgan fingerprint density at radius 1 is 1.32 bits per heavy atom. The van der Waals surface area contributed by atoms with Crippen molar-refractivity contribution in [3.63, 3.8) is 0 Å². The van der Waals surface area contributed by atoms with Crippen LogP contribution in [0.15, 0.2) is 29.3 Å². The molecule has 3 aromatic rings. The van der Waals surface area contributed by atoms with Crippen molar-refractivity contribution in [2.45, 2.75) is 0 Å². The molecule has 3 rings (SSSR count). The van der Waals surface area contributed by atoms with Crippen molar-refractivity contribution < 1.29 is 4.92 Å². The van der Waals surface area contributed by atoms with Gasteiger partial charge in [-0.2, -0.15) is 4.52 Å². The van der Waals surface area contributed by atoms with E-state index in [0.717, 1.165) is 11.3 Å². The van der Waals surface area contributed by atoms with Crippen LogP contribution in [0.3, 0.4) is 0 Å². The average Bonchev–Trinajstić information content (AvgIpc) is 3.10. The molecule has 0 saturated carbocycles. The minimum absolute atomic E-state index is 0.0496. The first kappa shape index (κ1) is 14.1. The highest BCUT2D eigenvalue weighted by molar-refractivity contribution is 7.18. The molecule has 0 atom stereocenters. The van der Waals surface area contributed by atoms with E-state index in [-0.39, 0.29) is 5.00 Å². The number of rotatable bonds is 4. The second-order valence-corrected chi connectivity index (χ2v) is 5.65. The van der Waals surface area contributed by atoms with Crippen molar-refractivity contribution in [1.82, 2.24) is 24.7 Å². The van der Waals surface area contributed by atoms with Gasteiger partial charge in [-0.3, -0.25) is 10.1 Å². The Kier molecular flexibility index (Phi) is 3.51. The SMILES string of the molecule is CN(C)C=Nc1ccc2nnc(-c3ccc([N+](=O)[O-])s3)n2n1. The third-order valence-corrected chi connectivity index (χ3v) is 3.69. The van der Waals surface area contributed by atoms with E-state index in [4.69, 9.17) is 0 Å². The highest BCUT2D eigenvalue weighted by Gasteiger charge is 2.16. The first-order chi connectivity index (χ1) is 10.5. The van der Waals surface area contributed by atoms with E-state index >= 15 is 0 Å². The van der Waals surface area contributed by atoms with Crippen molar-refractivity contribution >= 4 is 34.1 Å². The first-order valence-electron chi connectivity index (χ1n) is 6.22. The molecule has 0 aliphatic carbocycles. The predicted molar refractivity (Wildman–Crippen MR) is 82.6 cm³/mol. The van der Waals surface area contributed by atoms with Crippen LogP contribution in [0.5, 0.6) is 0 Å². The van der Waals surface area contributed by atoms with Crippen LogP contribution in [0.2, 0.25) is 0 Å². The van der Waals surface area contributed by atoms with Gasteiger partial charge >= 0.3 is 5.00 Å². The second kappa shape index (κ2) is 5.48. The number of hydrogen-bond donors (Lipinski definition) is 0. The van der Waals surface area contributed by atoms with Crippen molar-refractivity contribution in [1.29, 1.82) is 0 Å². The monoisotopic (exact) mass is 317 g/mol. The van der Waals surface area contributed by atoms with Crippen LogP contribution in [0.1, 0.15) is 0 Å². The van der Waals surface area contributed by atoms with Gasteiger partial charge in [0.1, 0.15) is 0 Å². The number of hydrogen-bond acceptors (Lipinski definition) is 7. The first-order valence-corrected chi connectivity index (χ1v) is 7.04. The largest absolute Gasteiger partial charge is 0.369 e. The van der Waals surface area contributed by atoms with Crippen molar-refractivity contribution in [2.24, 2.45) is 4.99 Å². The van der Waals surface area contributed by atoms with Crippen LogP contribution >= 0.6 is 11.3 Å². The molecule has 0 N–H and O–H groups in total. The Morgan fingerprint density at radius 3 is 2.82 bits per heavy atom. The smallest absolute Gasteiger partial charge is 0.324 e. The molecule has 112 valence electrons. The van der Waals surface area contributed by atoms with Gasteiger partial charge < -0.3 is 4.90 Å². The summed E-state index contributed by atoms with van der Waals surface area (Å²) in [5, 5.41) is 23.2. The molecule has 0 unspecified atom stereocenters. The van der Waals surface area contributed by atoms with E-state index in [1.54, 1.807) is 29.4 Å². The second-order valence-electron chi connectivity index (χ2n) is 4.59. The summed E-state index contributed by atoms with van der Waals surface area (Å²) < 4.78 is 1.53.